The number of ether oxygens (including phenoxy) is 1. The lowest BCUT2D eigenvalue weighted by molar-refractivity contribution is -0.139. The van der Waals surface area contributed by atoms with E-state index >= 15 is 0 Å². The molecule has 20 heavy (non-hydrogen) atoms. The number of esters is 1. The minimum atomic E-state index is -4.65. The van der Waals surface area contributed by atoms with E-state index in [4.69, 9.17) is 0 Å². The van der Waals surface area contributed by atoms with Gasteiger partial charge in [0.25, 0.3) is 0 Å². The molecule has 1 aromatic rings. The van der Waals surface area contributed by atoms with Crippen LogP contribution in [0.2, 0.25) is 0 Å². The van der Waals surface area contributed by atoms with Gasteiger partial charge in [0, 0.05) is 0 Å². The van der Waals surface area contributed by atoms with Crippen LogP contribution in [-0.2, 0) is 25.7 Å². The molecule has 0 fully saturated rings. The van der Waals surface area contributed by atoms with Crippen molar-refractivity contribution in [3.8, 4) is 0 Å². The molecule has 0 unspecified atom stereocenters. The molecule has 9 heteroatoms. The Morgan fingerprint density at radius 2 is 1.95 bits per heavy atom. The van der Waals surface area contributed by atoms with E-state index in [1.807, 2.05) is 4.72 Å². The predicted molar refractivity (Wildman–Crippen MR) is 63.4 cm³/mol. The summed E-state index contributed by atoms with van der Waals surface area (Å²) in [5, 5.41) is 0. The Kier molecular flexibility index (Phi) is 4.77. The third kappa shape index (κ3) is 3.70. The van der Waals surface area contributed by atoms with Crippen LogP contribution in [0.4, 0.5) is 13.2 Å². The zero-order valence-corrected chi connectivity index (χ0v) is 11.4. The maximum atomic E-state index is 12.7. The van der Waals surface area contributed by atoms with E-state index in [0.29, 0.717) is 0 Å². The Hall–Kier alpha value is -1.61. The van der Waals surface area contributed by atoms with Crippen LogP contribution in [0.3, 0.4) is 0 Å². The molecule has 0 atom stereocenters. The van der Waals surface area contributed by atoms with Crippen molar-refractivity contribution < 1.29 is 31.1 Å². The Bertz CT molecular complexity index is 611. The van der Waals surface area contributed by atoms with Crippen molar-refractivity contribution in [2.75, 3.05) is 13.7 Å². The van der Waals surface area contributed by atoms with Crippen molar-refractivity contribution in [1.29, 1.82) is 0 Å². The van der Waals surface area contributed by atoms with Gasteiger partial charge in [0.1, 0.15) is 6.54 Å². The molecule has 0 aromatic heterocycles. The quantitative estimate of drug-likeness (QED) is 0.855. The molecule has 5 nitrogen and oxygen atoms in total. The van der Waals surface area contributed by atoms with Crippen molar-refractivity contribution in [3.05, 3.63) is 29.3 Å². The highest BCUT2D eigenvalue weighted by molar-refractivity contribution is 7.89. The first-order chi connectivity index (χ1) is 9.09. The first-order valence-corrected chi connectivity index (χ1v) is 6.81. The zero-order valence-electron chi connectivity index (χ0n) is 10.6. The number of benzene rings is 1. The van der Waals surface area contributed by atoms with Gasteiger partial charge >= 0.3 is 12.1 Å². The van der Waals surface area contributed by atoms with Crippen LogP contribution in [0.1, 0.15) is 11.1 Å². The van der Waals surface area contributed by atoms with Gasteiger partial charge in [-0.25, -0.2) is 8.42 Å². The van der Waals surface area contributed by atoms with Crippen LogP contribution in [0.25, 0.3) is 0 Å². The van der Waals surface area contributed by atoms with E-state index in [0.717, 1.165) is 32.2 Å². The third-order valence-corrected chi connectivity index (χ3v) is 4.06. The molecular formula is C11H12F3NO4S. The summed E-state index contributed by atoms with van der Waals surface area (Å²) in [4.78, 5) is 10.3. The van der Waals surface area contributed by atoms with Gasteiger partial charge in [-0.15, -0.1) is 0 Å². The standard InChI is InChI=1S/C11H12F3NO4S/c1-7-8(11(12,13)14)4-3-5-9(7)20(17,18)15-6-10(16)19-2/h3-5,15H,6H2,1-2H3. The van der Waals surface area contributed by atoms with Crippen LogP contribution in [0.15, 0.2) is 23.1 Å². The fourth-order valence-corrected chi connectivity index (χ4v) is 2.75. The van der Waals surface area contributed by atoms with Crippen molar-refractivity contribution in [1.82, 2.24) is 4.72 Å². The SMILES string of the molecule is COC(=O)CNS(=O)(=O)c1cccc(C(F)(F)F)c1C. The number of hydrogen-bond donors (Lipinski definition) is 1. The number of alkyl halides is 3. The minimum Gasteiger partial charge on any atom is -0.468 e. The molecule has 112 valence electrons. The number of methoxy groups -OCH3 is 1. The second kappa shape index (κ2) is 5.80. The number of rotatable bonds is 4. The fourth-order valence-electron chi connectivity index (χ4n) is 1.52. The van der Waals surface area contributed by atoms with E-state index < -0.39 is 44.7 Å². The average Bonchev–Trinajstić information content (AvgIpc) is 2.34. The number of nitrogens with one attached hydrogen (secondary N) is 1. The highest BCUT2D eigenvalue weighted by Gasteiger charge is 2.34. The number of halogens is 3. The van der Waals surface area contributed by atoms with Gasteiger partial charge in [-0.1, -0.05) is 6.07 Å². The van der Waals surface area contributed by atoms with Gasteiger partial charge < -0.3 is 4.74 Å². The summed E-state index contributed by atoms with van der Waals surface area (Å²) < 4.78 is 67.9. The lowest BCUT2D eigenvalue weighted by atomic mass is 10.1. The van der Waals surface area contributed by atoms with Crippen molar-refractivity contribution in [2.24, 2.45) is 0 Å². The van der Waals surface area contributed by atoms with Crippen LogP contribution >= 0.6 is 0 Å². The molecule has 0 bridgehead atoms. The summed E-state index contributed by atoms with van der Waals surface area (Å²) in [6.07, 6.45) is -4.65. The van der Waals surface area contributed by atoms with Crippen LogP contribution in [0.5, 0.6) is 0 Å². The Morgan fingerprint density at radius 3 is 2.45 bits per heavy atom. The fraction of sp³-hybridized carbons (Fsp3) is 0.364. The second-order valence-corrected chi connectivity index (χ2v) is 5.56. The summed E-state index contributed by atoms with van der Waals surface area (Å²) in [6.45, 7) is 0.393. The molecular weight excluding hydrogens is 299 g/mol. The largest absolute Gasteiger partial charge is 0.468 e. The van der Waals surface area contributed by atoms with E-state index in [-0.39, 0.29) is 0 Å². The Labute approximate surface area is 113 Å². The van der Waals surface area contributed by atoms with E-state index in [2.05, 4.69) is 4.74 Å². The van der Waals surface area contributed by atoms with Crippen LogP contribution < -0.4 is 4.72 Å². The summed E-state index contributed by atoms with van der Waals surface area (Å²) in [5.41, 5.74) is -1.48. The van der Waals surface area contributed by atoms with Crippen molar-refractivity contribution in [2.45, 2.75) is 18.0 Å². The molecule has 0 radical (unpaired) electrons. The zero-order chi connectivity index (χ0) is 15.6. The van der Waals surface area contributed by atoms with Crippen LogP contribution in [-0.4, -0.2) is 28.0 Å². The first kappa shape index (κ1) is 16.4. The third-order valence-electron chi connectivity index (χ3n) is 2.51. The molecule has 1 aromatic carbocycles. The first-order valence-electron chi connectivity index (χ1n) is 5.33. The average molecular weight is 311 g/mol. The molecule has 0 amide bonds. The molecule has 0 heterocycles. The lowest BCUT2D eigenvalue weighted by Crippen LogP contribution is -2.31. The molecule has 0 spiro atoms. The normalized spacial score (nSPS) is 12.2. The minimum absolute atomic E-state index is 0.433. The summed E-state index contributed by atoms with van der Waals surface area (Å²) in [6, 6.07) is 2.81. The molecule has 1 rings (SSSR count). The predicted octanol–water partition coefficient (Wildman–Crippen LogP) is 1.47. The van der Waals surface area contributed by atoms with Gasteiger partial charge in [0.2, 0.25) is 10.0 Å². The number of hydrogen-bond acceptors (Lipinski definition) is 4. The Morgan fingerprint density at radius 1 is 1.35 bits per heavy atom. The van der Waals surface area contributed by atoms with Gasteiger partial charge in [0.15, 0.2) is 0 Å². The molecule has 0 aliphatic carbocycles. The second-order valence-electron chi connectivity index (χ2n) is 3.83. The van der Waals surface area contributed by atoms with Gasteiger partial charge in [-0.05, 0) is 24.6 Å². The molecule has 0 saturated heterocycles. The smallest absolute Gasteiger partial charge is 0.416 e. The summed E-state index contributed by atoms with van der Waals surface area (Å²) >= 11 is 0. The summed E-state index contributed by atoms with van der Waals surface area (Å²) in [5.74, 6) is -0.849. The van der Waals surface area contributed by atoms with E-state index in [9.17, 15) is 26.4 Å². The van der Waals surface area contributed by atoms with Crippen molar-refractivity contribution in [3.63, 3.8) is 0 Å². The number of sulfonamides is 1. The summed E-state index contributed by atoms with van der Waals surface area (Å²) in [7, 11) is -3.17. The van der Waals surface area contributed by atoms with Crippen molar-refractivity contribution >= 4 is 16.0 Å². The van der Waals surface area contributed by atoms with Gasteiger partial charge in [-0.2, -0.15) is 17.9 Å². The molecule has 0 aliphatic heterocycles. The molecule has 0 aliphatic rings. The van der Waals surface area contributed by atoms with E-state index in [1.54, 1.807) is 0 Å². The topological polar surface area (TPSA) is 72.5 Å². The van der Waals surface area contributed by atoms with E-state index in [1.165, 1.54) is 0 Å². The maximum absolute atomic E-state index is 12.7. The Balaban J connectivity index is 3.17. The highest BCUT2D eigenvalue weighted by Crippen LogP contribution is 2.33. The number of carbonyl (C=O) groups is 1. The van der Waals surface area contributed by atoms with Gasteiger partial charge in [0.05, 0.1) is 17.6 Å². The lowest BCUT2D eigenvalue weighted by Gasteiger charge is -2.14. The highest BCUT2D eigenvalue weighted by atomic mass is 32.2. The monoisotopic (exact) mass is 311 g/mol. The van der Waals surface area contributed by atoms with Crippen LogP contribution in [0, 0.1) is 6.92 Å². The number of carbonyl (C=O) groups excluding carboxylic acids is 1. The maximum Gasteiger partial charge on any atom is 0.416 e. The molecule has 1 N–H and O–H groups in total. The van der Waals surface area contributed by atoms with Gasteiger partial charge in [-0.3, -0.25) is 4.79 Å². The molecule has 0 saturated carbocycles.